The Bertz CT molecular complexity index is 802. The number of carboxylic acid groups (broad SMARTS) is 1. The van der Waals surface area contributed by atoms with Gasteiger partial charge in [0.2, 0.25) is 0 Å². The van der Waals surface area contributed by atoms with E-state index in [2.05, 4.69) is 0 Å². The van der Waals surface area contributed by atoms with Gasteiger partial charge in [-0.2, -0.15) is 0 Å². The zero-order valence-electron chi connectivity index (χ0n) is 14.6. The molecule has 9 heteroatoms. The summed E-state index contributed by atoms with van der Waals surface area (Å²) in [5.74, 6) is -0.0110. The van der Waals surface area contributed by atoms with Crippen molar-refractivity contribution in [2.75, 3.05) is 13.9 Å². The summed E-state index contributed by atoms with van der Waals surface area (Å²) in [7, 11) is -3.31. The Hall–Kier alpha value is -2.38. The molecule has 0 fully saturated rings. The van der Waals surface area contributed by atoms with Crippen molar-refractivity contribution < 1.29 is 38.5 Å². The quantitative estimate of drug-likeness (QED) is 0.414. The number of aliphatic carboxylic acids is 1. The Balaban J connectivity index is 2.23. The van der Waals surface area contributed by atoms with Crippen molar-refractivity contribution in [3.05, 3.63) is 54.1 Å². The molecule has 0 amide bonds. The topological polar surface area (TPSA) is 123 Å². The van der Waals surface area contributed by atoms with Crippen LogP contribution in [-0.2, 0) is 20.5 Å². The molecule has 1 atom stereocenters. The lowest BCUT2D eigenvalue weighted by molar-refractivity contribution is -0.137. The first-order valence-electron chi connectivity index (χ1n) is 8.07. The second-order valence-electron chi connectivity index (χ2n) is 5.72. The van der Waals surface area contributed by atoms with Gasteiger partial charge in [0.15, 0.2) is 12.5 Å². The molecule has 0 saturated heterocycles. The molecular formula is C18H21O8P. The number of carbonyl (C=O) groups is 1. The minimum atomic E-state index is -4.77. The molecule has 8 nitrogen and oxygen atoms in total. The van der Waals surface area contributed by atoms with Crippen LogP contribution in [0.15, 0.2) is 48.5 Å². The number of hydrogen-bond acceptors (Lipinski definition) is 5. The van der Waals surface area contributed by atoms with Crippen molar-refractivity contribution in [3.8, 4) is 17.2 Å². The Labute approximate surface area is 156 Å². The SMILES string of the molecule is COCOc1ccc(Oc2ccccc2)cc1CCC(C(=O)O)P(=O)(O)O. The van der Waals surface area contributed by atoms with Crippen LogP contribution >= 0.6 is 7.60 Å². The Morgan fingerprint density at radius 3 is 2.41 bits per heavy atom. The van der Waals surface area contributed by atoms with Gasteiger partial charge in [-0.1, -0.05) is 18.2 Å². The van der Waals surface area contributed by atoms with E-state index >= 15 is 0 Å². The van der Waals surface area contributed by atoms with Crippen molar-refractivity contribution in [1.82, 2.24) is 0 Å². The second-order valence-corrected chi connectivity index (χ2v) is 7.52. The van der Waals surface area contributed by atoms with Gasteiger partial charge in [0.05, 0.1) is 0 Å². The van der Waals surface area contributed by atoms with E-state index in [-0.39, 0.29) is 19.6 Å². The summed E-state index contributed by atoms with van der Waals surface area (Å²) in [6, 6.07) is 14.0. The first-order valence-corrected chi connectivity index (χ1v) is 9.75. The van der Waals surface area contributed by atoms with Gasteiger partial charge in [-0.15, -0.1) is 0 Å². The summed E-state index contributed by atoms with van der Waals surface area (Å²) in [5, 5.41) is 9.08. The molecule has 0 aliphatic carbocycles. The monoisotopic (exact) mass is 396 g/mol. The lowest BCUT2D eigenvalue weighted by Crippen LogP contribution is -2.21. The third-order valence-electron chi connectivity index (χ3n) is 3.72. The van der Waals surface area contributed by atoms with Gasteiger partial charge in [-0.25, -0.2) is 0 Å². The van der Waals surface area contributed by atoms with Gasteiger partial charge >= 0.3 is 13.6 Å². The Morgan fingerprint density at radius 2 is 1.81 bits per heavy atom. The van der Waals surface area contributed by atoms with Crippen LogP contribution in [0.5, 0.6) is 17.2 Å². The van der Waals surface area contributed by atoms with Crippen LogP contribution in [0, 0.1) is 0 Å². The normalized spacial score (nSPS) is 12.4. The van der Waals surface area contributed by atoms with Gasteiger partial charge in [0.1, 0.15) is 17.2 Å². The fraction of sp³-hybridized carbons (Fsp3) is 0.278. The van der Waals surface area contributed by atoms with E-state index in [4.69, 9.17) is 19.3 Å². The van der Waals surface area contributed by atoms with E-state index in [1.807, 2.05) is 18.2 Å². The summed E-state index contributed by atoms with van der Waals surface area (Å²) < 4.78 is 27.5. The van der Waals surface area contributed by atoms with Gasteiger partial charge < -0.3 is 29.1 Å². The van der Waals surface area contributed by atoms with Gasteiger partial charge in [0.25, 0.3) is 0 Å². The van der Waals surface area contributed by atoms with Crippen LogP contribution in [0.2, 0.25) is 0 Å². The zero-order chi connectivity index (χ0) is 19.9. The number of carboxylic acids is 1. The highest BCUT2D eigenvalue weighted by molar-refractivity contribution is 7.53. The first kappa shape index (κ1) is 20.9. The van der Waals surface area contributed by atoms with Crippen molar-refractivity contribution in [1.29, 1.82) is 0 Å². The number of methoxy groups -OCH3 is 1. The molecule has 0 bridgehead atoms. The predicted molar refractivity (Wildman–Crippen MR) is 97.3 cm³/mol. The first-order chi connectivity index (χ1) is 12.8. The van der Waals surface area contributed by atoms with Crippen LogP contribution in [0.4, 0.5) is 0 Å². The van der Waals surface area contributed by atoms with E-state index in [1.165, 1.54) is 7.11 Å². The smallest absolute Gasteiger partial charge is 0.339 e. The van der Waals surface area contributed by atoms with Crippen LogP contribution in [0.1, 0.15) is 12.0 Å². The predicted octanol–water partition coefficient (Wildman–Crippen LogP) is 3.03. The number of benzene rings is 2. The summed E-state index contributed by atoms with van der Waals surface area (Å²) in [5.41, 5.74) is -1.23. The molecule has 0 spiro atoms. The maximum Gasteiger partial charge on any atom is 0.339 e. The largest absolute Gasteiger partial charge is 0.481 e. The average Bonchev–Trinajstić information content (AvgIpc) is 2.60. The van der Waals surface area contributed by atoms with Gasteiger partial charge in [0, 0.05) is 7.11 Å². The van der Waals surface area contributed by atoms with Gasteiger partial charge in [-0.3, -0.25) is 9.36 Å². The molecule has 2 aromatic carbocycles. The zero-order valence-corrected chi connectivity index (χ0v) is 15.5. The highest BCUT2D eigenvalue weighted by Crippen LogP contribution is 2.44. The van der Waals surface area contributed by atoms with Crippen LogP contribution in [-0.4, -0.2) is 40.4 Å². The summed E-state index contributed by atoms with van der Waals surface area (Å²) in [6.45, 7) is -0.0211. The van der Waals surface area contributed by atoms with Crippen molar-refractivity contribution >= 4 is 13.6 Å². The minimum absolute atomic E-state index is 0.0211. The van der Waals surface area contributed by atoms with Crippen molar-refractivity contribution in [2.45, 2.75) is 18.5 Å². The maximum absolute atomic E-state index is 11.4. The van der Waals surface area contributed by atoms with Crippen LogP contribution in [0.25, 0.3) is 0 Å². The highest BCUT2D eigenvalue weighted by atomic mass is 31.2. The number of aryl methyl sites for hydroxylation is 1. The fourth-order valence-corrected chi connectivity index (χ4v) is 3.18. The lowest BCUT2D eigenvalue weighted by Gasteiger charge is -2.16. The van der Waals surface area contributed by atoms with Crippen molar-refractivity contribution in [3.63, 3.8) is 0 Å². The molecule has 1 unspecified atom stereocenters. The molecule has 0 aliphatic rings. The third-order valence-corrected chi connectivity index (χ3v) is 5.01. The second kappa shape index (κ2) is 9.53. The molecule has 0 radical (unpaired) electrons. The highest BCUT2D eigenvalue weighted by Gasteiger charge is 2.35. The molecule has 146 valence electrons. The molecule has 2 rings (SSSR count). The van der Waals surface area contributed by atoms with Crippen LogP contribution in [0.3, 0.4) is 0 Å². The third kappa shape index (κ3) is 6.37. The lowest BCUT2D eigenvalue weighted by atomic mass is 10.1. The fourth-order valence-electron chi connectivity index (χ4n) is 2.43. The summed E-state index contributed by atoms with van der Waals surface area (Å²) in [4.78, 5) is 29.6. The molecule has 27 heavy (non-hydrogen) atoms. The Kier molecular flexibility index (Phi) is 7.38. The minimum Gasteiger partial charge on any atom is -0.481 e. The standard InChI is InChI=1S/C18H21O8P/c1-24-12-25-16-9-8-15(26-14-5-3-2-4-6-14)11-13(16)7-10-17(18(19)20)27(21,22)23/h2-6,8-9,11,17H,7,10,12H2,1H3,(H,19,20)(H2,21,22,23). The summed E-state index contributed by atoms with van der Waals surface area (Å²) >= 11 is 0. The molecule has 0 aliphatic heterocycles. The number of ether oxygens (including phenoxy) is 3. The van der Waals surface area contributed by atoms with E-state index in [0.29, 0.717) is 22.8 Å². The van der Waals surface area contributed by atoms with Gasteiger partial charge in [-0.05, 0) is 48.7 Å². The average molecular weight is 396 g/mol. The molecular weight excluding hydrogens is 375 g/mol. The van der Waals surface area contributed by atoms with Crippen molar-refractivity contribution in [2.24, 2.45) is 0 Å². The van der Waals surface area contributed by atoms with E-state index in [0.717, 1.165) is 0 Å². The number of rotatable bonds is 10. The van der Waals surface area contributed by atoms with Crippen LogP contribution < -0.4 is 9.47 Å². The number of para-hydroxylation sites is 1. The van der Waals surface area contributed by atoms with E-state index in [9.17, 15) is 19.1 Å². The number of hydrogen-bond donors (Lipinski definition) is 3. The molecule has 0 heterocycles. The molecule has 0 saturated carbocycles. The molecule has 2 aromatic rings. The summed E-state index contributed by atoms with van der Waals surface area (Å²) in [6.07, 6.45) is -0.176. The van der Waals surface area contributed by atoms with E-state index in [1.54, 1.807) is 30.3 Å². The maximum atomic E-state index is 11.4. The molecule has 0 aromatic heterocycles. The molecule has 3 N–H and O–H groups in total. The van der Waals surface area contributed by atoms with E-state index < -0.39 is 19.2 Å². The Morgan fingerprint density at radius 1 is 1.11 bits per heavy atom.